The fourth-order valence-corrected chi connectivity index (χ4v) is 2.11. The SMILES string of the molecule is Cc1ccc(C(=O)NCCNc2ccc(C#N)cc2[N+](=O)[O-])cc1F. The second-order valence-corrected chi connectivity index (χ2v) is 5.25. The van der Waals surface area contributed by atoms with Crippen molar-refractivity contribution in [2.24, 2.45) is 0 Å². The summed E-state index contributed by atoms with van der Waals surface area (Å²) >= 11 is 0. The lowest BCUT2D eigenvalue weighted by Crippen LogP contribution is -2.29. The van der Waals surface area contributed by atoms with E-state index in [1.807, 2.05) is 6.07 Å². The van der Waals surface area contributed by atoms with Crippen LogP contribution in [0, 0.1) is 34.2 Å². The van der Waals surface area contributed by atoms with Crippen LogP contribution in [-0.2, 0) is 0 Å². The summed E-state index contributed by atoms with van der Waals surface area (Å²) in [4.78, 5) is 22.4. The highest BCUT2D eigenvalue weighted by molar-refractivity contribution is 5.94. The van der Waals surface area contributed by atoms with Crippen LogP contribution in [0.4, 0.5) is 15.8 Å². The fourth-order valence-electron chi connectivity index (χ4n) is 2.11. The van der Waals surface area contributed by atoms with E-state index in [1.165, 1.54) is 30.3 Å². The van der Waals surface area contributed by atoms with Crippen molar-refractivity contribution in [2.75, 3.05) is 18.4 Å². The Morgan fingerprint density at radius 3 is 2.68 bits per heavy atom. The predicted octanol–water partition coefficient (Wildman–Crippen LogP) is 2.76. The van der Waals surface area contributed by atoms with E-state index in [4.69, 9.17) is 5.26 Å². The van der Waals surface area contributed by atoms with E-state index in [0.29, 0.717) is 5.56 Å². The number of halogens is 1. The van der Waals surface area contributed by atoms with Gasteiger partial charge in [-0.05, 0) is 36.8 Å². The molecule has 2 aromatic rings. The molecule has 0 heterocycles. The van der Waals surface area contributed by atoms with Gasteiger partial charge in [0.2, 0.25) is 0 Å². The number of carbonyl (C=O) groups is 1. The van der Waals surface area contributed by atoms with E-state index in [-0.39, 0.29) is 35.6 Å². The van der Waals surface area contributed by atoms with Gasteiger partial charge in [0.05, 0.1) is 16.6 Å². The number of benzene rings is 2. The summed E-state index contributed by atoms with van der Waals surface area (Å²) in [6, 6.07) is 10.1. The van der Waals surface area contributed by atoms with E-state index in [1.54, 1.807) is 6.92 Å². The van der Waals surface area contributed by atoms with Crippen LogP contribution in [0.5, 0.6) is 0 Å². The largest absolute Gasteiger partial charge is 0.378 e. The Kier molecular flexibility index (Phi) is 5.63. The summed E-state index contributed by atoms with van der Waals surface area (Å²) in [6.07, 6.45) is 0. The first-order valence-corrected chi connectivity index (χ1v) is 7.39. The Morgan fingerprint density at radius 2 is 2.04 bits per heavy atom. The summed E-state index contributed by atoms with van der Waals surface area (Å²) in [5.74, 6) is -0.894. The van der Waals surface area contributed by atoms with Gasteiger partial charge in [-0.25, -0.2) is 4.39 Å². The average molecular weight is 342 g/mol. The molecule has 0 aliphatic carbocycles. The van der Waals surface area contributed by atoms with Crippen LogP contribution in [0.2, 0.25) is 0 Å². The maximum absolute atomic E-state index is 13.5. The molecule has 0 atom stereocenters. The summed E-state index contributed by atoms with van der Waals surface area (Å²) in [5, 5.41) is 25.2. The summed E-state index contributed by atoms with van der Waals surface area (Å²) < 4.78 is 13.5. The van der Waals surface area contributed by atoms with Crippen molar-refractivity contribution in [1.82, 2.24) is 5.32 Å². The molecule has 0 bridgehead atoms. The third-order valence-corrected chi connectivity index (χ3v) is 3.48. The molecule has 0 aromatic heterocycles. The molecule has 0 saturated carbocycles. The highest BCUT2D eigenvalue weighted by Gasteiger charge is 2.14. The molecule has 2 N–H and O–H groups in total. The van der Waals surface area contributed by atoms with Gasteiger partial charge in [-0.1, -0.05) is 6.07 Å². The van der Waals surface area contributed by atoms with E-state index in [9.17, 15) is 19.3 Å². The van der Waals surface area contributed by atoms with Crippen LogP contribution >= 0.6 is 0 Å². The Balaban J connectivity index is 1.93. The van der Waals surface area contributed by atoms with Gasteiger partial charge >= 0.3 is 0 Å². The van der Waals surface area contributed by atoms with Crippen molar-refractivity contribution in [1.29, 1.82) is 5.26 Å². The number of nitro groups is 1. The number of nitrogens with zero attached hydrogens (tertiary/aromatic N) is 2. The molecule has 0 radical (unpaired) electrons. The van der Waals surface area contributed by atoms with Gasteiger partial charge in [0.1, 0.15) is 11.5 Å². The van der Waals surface area contributed by atoms with Crippen LogP contribution in [0.1, 0.15) is 21.5 Å². The lowest BCUT2D eigenvalue weighted by molar-refractivity contribution is -0.384. The smallest absolute Gasteiger partial charge is 0.293 e. The molecule has 128 valence electrons. The standard InChI is InChI=1S/C17H15FN4O3/c1-11-2-4-13(9-14(11)18)17(23)21-7-6-20-15-5-3-12(10-19)8-16(15)22(24)25/h2-5,8-9,20H,6-7H2,1H3,(H,21,23). The summed E-state index contributed by atoms with van der Waals surface area (Å²) in [7, 11) is 0. The zero-order valence-corrected chi connectivity index (χ0v) is 13.4. The van der Waals surface area contributed by atoms with Gasteiger partial charge in [0, 0.05) is 24.7 Å². The van der Waals surface area contributed by atoms with Crippen LogP contribution < -0.4 is 10.6 Å². The molecule has 1 amide bonds. The van der Waals surface area contributed by atoms with Gasteiger partial charge in [-0.2, -0.15) is 5.26 Å². The molecule has 2 aromatic carbocycles. The topological polar surface area (TPSA) is 108 Å². The van der Waals surface area contributed by atoms with Gasteiger partial charge in [-0.3, -0.25) is 14.9 Å². The van der Waals surface area contributed by atoms with Gasteiger partial charge in [0.25, 0.3) is 11.6 Å². The second-order valence-electron chi connectivity index (χ2n) is 5.25. The van der Waals surface area contributed by atoms with Gasteiger partial charge in [0.15, 0.2) is 0 Å². The van der Waals surface area contributed by atoms with E-state index in [0.717, 1.165) is 6.07 Å². The zero-order valence-electron chi connectivity index (χ0n) is 13.4. The Labute approximate surface area is 143 Å². The third kappa shape index (κ3) is 4.51. The average Bonchev–Trinajstić information content (AvgIpc) is 2.60. The Bertz CT molecular complexity index is 861. The van der Waals surface area contributed by atoms with Gasteiger partial charge in [-0.15, -0.1) is 0 Å². The summed E-state index contributed by atoms with van der Waals surface area (Å²) in [5.41, 5.74) is 0.872. The molecule has 0 aliphatic heterocycles. The van der Waals surface area contributed by atoms with Crippen molar-refractivity contribution >= 4 is 17.3 Å². The minimum Gasteiger partial charge on any atom is -0.378 e. The summed E-state index contributed by atoms with van der Waals surface area (Å²) in [6.45, 7) is 2.02. The third-order valence-electron chi connectivity index (χ3n) is 3.48. The maximum Gasteiger partial charge on any atom is 0.293 e. The number of amides is 1. The number of anilines is 1. The molecule has 0 spiro atoms. The molecule has 25 heavy (non-hydrogen) atoms. The van der Waals surface area contributed by atoms with Crippen molar-refractivity contribution in [3.63, 3.8) is 0 Å². The number of hydrogen-bond acceptors (Lipinski definition) is 5. The fraction of sp³-hybridized carbons (Fsp3) is 0.176. The molecular weight excluding hydrogens is 327 g/mol. The van der Waals surface area contributed by atoms with Crippen molar-refractivity contribution in [3.8, 4) is 6.07 Å². The van der Waals surface area contributed by atoms with Crippen LogP contribution in [-0.4, -0.2) is 23.9 Å². The number of carbonyl (C=O) groups excluding carboxylic acids is 1. The van der Waals surface area contributed by atoms with Gasteiger partial charge < -0.3 is 10.6 Å². The number of aryl methyl sites for hydroxylation is 1. The monoisotopic (exact) mass is 342 g/mol. The highest BCUT2D eigenvalue weighted by Crippen LogP contribution is 2.24. The minimum absolute atomic E-state index is 0.186. The number of nitrogens with one attached hydrogen (secondary N) is 2. The molecule has 0 saturated heterocycles. The lowest BCUT2D eigenvalue weighted by atomic mass is 10.1. The van der Waals surface area contributed by atoms with Crippen LogP contribution in [0.3, 0.4) is 0 Å². The molecule has 0 fully saturated rings. The first-order chi connectivity index (χ1) is 11.9. The molecule has 8 heteroatoms. The lowest BCUT2D eigenvalue weighted by Gasteiger charge is -2.09. The molecular formula is C17H15FN4O3. The molecule has 7 nitrogen and oxygen atoms in total. The quantitative estimate of drug-likeness (QED) is 0.477. The van der Waals surface area contributed by atoms with Crippen molar-refractivity contribution in [2.45, 2.75) is 6.92 Å². The Morgan fingerprint density at radius 1 is 1.28 bits per heavy atom. The molecule has 0 aliphatic rings. The van der Waals surface area contributed by atoms with Crippen LogP contribution in [0.15, 0.2) is 36.4 Å². The number of nitro benzene ring substituents is 1. The zero-order chi connectivity index (χ0) is 18.4. The minimum atomic E-state index is -0.586. The van der Waals surface area contributed by atoms with E-state index < -0.39 is 16.6 Å². The number of hydrogen-bond donors (Lipinski definition) is 2. The first kappa shape index (κ1) is 17.9. The molecule has 2 rings (SSSR count). The highest BCUT2D eigenvalue weighted by atomic mass is 19.1. The van der Waals surface area contributed by atoms with E-state index in [2.05, 4.69) is 10.6 Å². The Hall–Kier alpha value is -3.47. The normalized spacial score (nSPS) is 9.96. The maximum atomic E-state index is 13.5. The second kappa shape index (κ2) is 7.88. The number of nitriles is 1. The molecule has 0 unspecified atom stereocenters. The predicted molar refractivity (Wildman–Crippen MR) is 89.8 cm³/mol. The van der Waals surface area contributed by atoms with Crippen LogP contribution in [0.25, 0.3) is 0 Å². The number of rotatable bonds is 6. The van der Waals surface area contributed by atoms with E-state index >= 15 is 0 Å². The first-order valence-electron chi connectivity index (χ1n) is 7.39. The van der Waals surface area contributed by atoms with Crippen molar-refractivity contribution < 1.29 is 14.1 Å². The van der Waals surface area contributed by atoms with Crippen molar-refractivity contribution in [3.05, 3.63) is 69.0 Å².